The van der Waals surface area contributed by atoms with E-state index in [4.69, 9.17) is 83.7 Å². The molecular formula is C87H155N37O17. The van der Waals surface area contributed by atoms with Gasteiger partial charge in [-0.05, 0) is 192 Å². The summed E-state index contributed by atoms with van der Waals surface area (Å²) in [5.41, 5.74) is 44.7. The van der Waals surface area contributed by atoms with Crippen LogP contribution in [0.2, 0.25) is 0 Å². The van der Waals surface area contributed by atoms with Crippen LogP contribution in [0.1, 0.15) is 214 Å². The van der Waals surface area contributed by atoms with Gasteiger partial charge in [-0.3, -0.25) is 110 Å². The van der Waals surface area contributed by atoms with Gasteiger partial charge in [-0.2, -0.15) is 0 Å². The molecular weight excluding hydrogens is 1840 g/mol. The molecule has 0 aromatic heterocycles. The minimum absolute atomic E-state index is 0.0134. The molecule has 6 aliphatic heterocycles. The van der Waals surface area contributed by atoms with Crippen LogP contribution in [-0.4, -0.2) is 353 Å². The maximum atomic E-state index is 15.3. The third-order valence-electron chi connectivity index (χ3n) is 25.8. The molecule has 0 aliphatic carbocycles. The molecule has 6 fully saturated rings. The van der Waals surface area contributed by atoms with Gasteiger partial charge in [-0.15, -0.1) is 0 Å². The van der Waals surface area contributed by atoms with Crippen molar-refractivity contribution < 1.29 is 81.8 Å². The van der Waals surface area contributed by atoms with Gasteiger partial charge in [0.15, 0.2) is 41.7 Å². The summed E-state index contributed by atoms with van der Waals surface area (Å²) in [5.74, 6) is -15.4. The van der Waals surface area contributed by atoms with Gasteiger partial charge in [-0.1, -0.05) is 34.1 Å². The van der Waals surface area contributed by atoms with E-state index in [9.17, 15) is 48.3 Å². The number of hydrogen-bond acceptors (Lipinski definition) is 24. The highest BCUT2D eigenvalue weighted by Crippen LogP contribution is 2.30. The summed E-state index contributed by atoms with van der Waals surface area (Å²) >= 11 is 0. The Bertz CT molecular complexity index is 4390. The molecule has 6 aliphatic rings. The van der Waals surface area contributed by atoms with Crippen LogP contribution in [-0.2, 0) is 76.7 Å². The Hall–Kier alpha value is -13.6. The molecule has 0 bridgehead atoms. The van der Waals surface area contributed by atoms with Crippen molar-refractivity contribution in [3.63, 3.8) is 0 Å². The lowest BCUT2D eigenvalue weighted by Crippen LogP contribution is -2.61. The van der Waals surface area contributed by atoms with Crippen molar-refractivity contribution in [1.82, 2.24) is 114 Å². The van der Waals surface area contributed by atoms with Crippen molar-refractivity contribution in [2.75, 3.05) is 85.1 Å². The molecule has 0 unspecified atom stereocenters. The predicted octanol–water partition coefficient (Wildman–Crippen LogP) is -8.34. The normalized spacial score (nSPS) is 20.0. The van der Waals surface area contributed by atoms with E-state index in [1.54, 1.807) is 27.7 Å². The minimum atomic E-state index is -1.41. The highest BCUT2D eigenvalue weighted by atomic mass is 16.4. The lowest BCUT2D eigenvalue weighted by Gasteiger charge is -2.34. The standard InChI is InChI=1S/C87H155N37O17/c1-6-48(4)64(118-67(127)51(110-65(125)49(5)88)21-8-34-104-82(91)92)73(133)115-55(25-12-38-108-86(99)100)76(136)120-41-15-28-59(120)70(130)114-54(24-11-37-107-85(97)98)77(137)124-45-19-32-63(124)79(139)123-44-18-31-62(123)68(128)111-50(20-7-33-103-81(89)90)66(126)117-57(46-47(2)3)78(138)122-43-17-29-60(122)71(131)113-52(22-9-35-105-83(93)94)74(134)119-40-14-27-58(119)69(129)112-53(23-10-36-106-84(95)96)75(135)121-42-16-30-61(121)72(132)116-56(80(140)141)26-13-39-109-87(101)102/h47-64H,6-46,88H2,1-5H3,(H,110,125)(H,111,128)(H,112,129)(H,113,131)(H,114,130)(H,115,133)(H,116,132)(H,117,126)(H,118,127)(H,140,141)(H4,89,90,103)(H4,91,92,104)(H4,93,94,105)(H4,95,96,106)(H4,97,98,107)(H4,99,100,108)(H4,101,102,109)/t48-,49-,50-,51-,52-,53-,54-,55-,56-,57-,58-,59-,60-,61-,62-,63-,64-/m0/s1. The van der Waals surface area contributed by atoms with Crippen molar-refractivity contribution in [2.24, 2.45) is 57.7 Å². The topological polar surface area (TPSA) is 880 Å². The summed E-state index contributed by atoms with van der Waals surface area (Å²) in [4.78, 5) is 241. The van der Waals surface area contributed by atoms with Crippen molar-refractivity contribution in [2.45, 2.75) is 311 Å². The lowest BCUT2D eigenvalue weighted by molar-refractivity contribution is -0.148. The molecule has 0 saturated carbocycles. The second kappa shape index (κ2) is 58.4. The smallest absolute Gasteiger partial charge is 0.326 e. The molecule has 0 aromatic carbocycles. The summed E-state index contributed by atoms with van der Waals surface area (Å²) in [6, 6.07) is -20.1. The van der Waals surface area contributed by atoms with Gasteiger partial charge in [0.05, 0.1) is 6.04 Å². The van der Waals surface area contributed by atoms with Gasteiger partial charge < -0.3 is 165 Å². The summed E-state index contributed by atoms with van der Waals surface area (Å²) in [6.07, 6.45) is 3.79. The fourth-order valence-electron chi connectivity index (χ4n) is 18.3. The van der Waals surface area contributed by atoms with Crippen molar-refractivity contribution in [1.29, 1.82) is 37.9 Å². The highest BCUT2D eigenvalue weighted by Gasteiger charge is 2.49. The third-order valence-corrected chi connectivity index (χ3v) is 25.8. The van der Waals surface area contributed by atoms with E-state index in [2.05, 4.69) is 85.1 Å². The zero-order valence-corrected chi connectivity index (χ0v) is 81.7. The number of hydrogen-bond donors (Lipinski definition) is 32. The number of carbonyl (C=O) groups is 16. The summed E-state index contributed by atoms with van der Waals surface area (Å²) in [5, 5.41) is 107. The number of carboxylic acids is 1. The second-order valence-corrected chi connectivity index (χ2v) is 37.1. The number of guanidine groups is 7. The summed E-state index contributed by atoms with van der Waals surface area (Å²) < 4.78 is 0. The van der Waals surface area contributed by atoms with Crippen LogP contribution in [0.4, 0.5) is 0 Å². The highest BCUT2D eigenvalue weighted by molar-refractivity contribution is 6.02. The number of carbonyl (C=O) groups excluding carboxylic acids is 15. The van der Waals surface area contributed by atoms with Crippen molar-refractivity contribution >= 4 is 136 Å². The fourth-order valence-corrected chi connectivity index (χ4v) is 18.3. The van der Waals surface area contributed by atoms with Gasteiger partial charge in [0.2, 0.25) is 88.6 Å². The molecule has 17 atom stereocenters. The van der Waals surface area contributed by atoms with E-state index in [-0.39, 0.29) is 268 Å². The first-order valence-electron chi connectivity index (χ1n) is 49.0. The Morgan fingerprint density at radius 3 is 0.816 bits per heavy atom. The third kappa shape index (κ3) is 37.2. The maximum Gasteiger partial charge on any atom is 0.326 e. The Morgan fingerprint density at radius 2 is 0.525 bits per heavy atom. The van der Waals surface area contributed by atoms with Gasteiger partial charge in [0, 0.05) is 85.1 Å². The van der Waals surface area contributed by atoms with E-state index in [1.165, 1.54) is 36.3 Å². The maximum absolute atomic E-state index is 15.3. The zero-order valence-electron chi connectivity index (χ0n) is 81.7. The van der Waals surface area contributed by atoms with Crippen LogP contribution in [0.3, 0.4) is 0 Å². The molecule has 0 aromatic rings. The van der Waals surface area contributed by atoms with Crippen molar-refractivity contribution in [3.05, 3.63) is 0 Å². The van der Waals surface area contributed by atoms with Gasteiger partial charge in [-0.25, -0.2) is 4.79 Å². The van der Waals surface area contributed by atoms with E-state index in [0.29, 0.717) is 44.9 Å². The molecule has 6 rings (SSSR count). The largest absolute Gasteiger partial charge is 0.480 e. The number of likely N-dealkylation sites (tertiary alicyclic amines) is 6. The quantitative estimate of drug-likeness (QED) is 0.0153. The number of amides is 15. The number of nitrogens with one attached hydrogen (secondary N) is 23. The first-order valence-corrected chi connectivity index (χ1v) is 49.0. The summed E-state index contributed by atoms with van der Waals surface area (Å²) in [6.45, 7) is 9.43. The lowest BCUT2D eigenvalue weighted by atomic mass is 9.96. The Kier molecular flexibility index (Phi) is 48.1. The molecule has 6 saturated heterocycles. The number of nitrogens with two attached hydrogens (primary N) is 8. The zero-order chi connectivity index (χ0) is 104. The van der Waals surface area contributed by atoms with Crippen molar-refractivity contribution in [3.8, 4) is 0 Å². The fraction of sp³-hybridized carbons (Fsp3) is 0.736. The average Bonchev–Trinajstić information content (AvgIpc) is 1.66. The molecule has 15 amide bonds. The molecule has 790 valence electrons. The Morgan fingerprint density at radius 1 is 0.298 bits per heavy atom. The van der Waals surface area contributed by atoms with Crippen LogP contribution < -0.4 is 131 Å². The number of carboxylic acid groups (broad SMARTS) is 1. The SMILES string of the molecule is CC[C@H](C)[C@H](NC(=O)[C@H](CCCNC(=N)N)NC(=O)[C@H](C)N)C(=O)N[C@@H](CCCNC(=N)N)C(=O)N1CCC[C@H]1C(=O)N[C@@H](CCCNC(=N)N)C(=O)N1CCC[C@H]1C(=O)N1CCC[C@H]1C(=O)N[C@@H](CCCNC(=N)N)C(=O)N[C@@H](CC(C)C)C(=O)N1CCC[C@H]1C(=O)N[C@@H](CCCNC(=N)N)C(=O)N1CCC[C@H]1C(=O)N[C@@H](CCCNC(=N)N)C(=O)N1CCC[C@H]1C(=O)N[C@@H](CCCNC(=N)N)C(=O)O. The molecule has 141 heavy (non-hydrogen) atoms. The van der Waals surface area contributed by atoms with Crippen LogP contribution in [0.25, 0.3) is 0 Å². The second-order valence-electron chi connectivity index (χ2n) is 37.1. The molecule has 40 N–H and O–H groups in total. The van der Waals surface area contributed by atoms with E-state index in [1.807, 2.05) is 0 Å². The average molecular weight is 1990 g/mol. The summed E-state index contributed by atoms with van der Waals surface area (Å²) in [7, 11) is 0. The number of aliphatic carboxylic acids is 1. The van der Waals surface area contributed by atoms with Gasteiger partial charge >= 0.3 is 5.97 Å². The first-order chi connectivity index (χ1) is 66.8. The van der Waals surface area contributed by atoms with E-state index in [0.717, 1.165) is 0 Å². The molecule has 54 heteroatoms. The van der Waals surface area contributed by atoms with Crippen LogP contribution in [0, 0.1) is 49.7 Å². The predicted molar refractivity (Wildman–Crippen MR) is 520 cm³/mol. The molecule has 6 heterocycles. The van der Waals surface area contributed by atoms with E-state index < -0.39 is 197 Å². The monoisotopic (exact) mass is 1990 g/mol. The number of nitrogens with zero attached hydrogens (tertiary/aromatic N) is 6. The minimum Gasteiger partial charge on any atom is -0.480 e. The molecule has 54 nitrogen and oxygen atoms in total. The van der Waals surface area contributed by atoms with Gasteiger partial charge in [0.25, 0.3) is 0 Å². The molecule has 0 spiro atoms. The van der Waals surface area contributed by atoms with E-state index >= 15 is 33.6 Å². The van der Waals surface area contributed by atoms with Gasteiger partial charge in [0.1, 0.15) is 90.6 Å². The number of rotatable bonds is 57. The van der Waals surface area contributed by atoms with Crippen LogP contribution in [0.15, 0.2) is 0 Å². The van der Waals surface area contributed by atoms with Crippen LogP contribution >= 0.6 is 0 Å². The van der Waals surface area contributed by atoms with Crippen LogP contribution in [0.5, 0.6) is 0 Å². The first kappa shape index (κ1) is 116. The Labute approximate surface area is 820 Å². The Balaban J connectivity index is 1.19. The molecule has 0 radical (unpaired) electrons.